The maximum Gasteiger partial charge on any atom is 0.0496 e. The van der Waals surface area contributed by atoms with Gasteiger partial charge in [-0.25, -0.2) is 0 Å². The molecule has 0 saturated carbocycles. The molecule has 118 valence electrons. The first kappa shape index (κ1) is 14.1. The van der Waals surface area contributed by atoms with Crippen molar-refractivity contribution in [3.8, 4) is 0 Å². The molecule has 0 aliphatic heterocycles. The van der Waals surface area contributed by atoms with Gasteiger partial charge in [-0.05, 0) is 36.2 Å². The number of fused-ring (bicyclic) bond motifs is 7. The van der Waals surface area contributed by atoms with Crippen LogP contribution in [0.1, 0.15) is 18.9 Å². The van der Waals surface area contributed by atoms with E-state index in [0.717, 1.165) is 6.42 Å². The van der Waals surface area contributed by atoms with E-state index in [9.17, 15) is 0 Å². The zero-order valence-electron chi connectivity index (χ0n) is 14.0. The monoisotopic (exact) mass is 329 g/mol. The third-order valence-corrected chi connectivity index (χ3v) is 6.26. The van der Waals surface area contributed by atoms with E-state index in [0.29, 0.717) is 0 Å². The Hall–Kier alpha value is -2.32. The molecule has 0 amide bonds. The lowest BCUT2D eigenvalue weighted by Crippen LogP contribution is -1.86. The number of para-hydroxylation sites is 1. The molecular weight excluding hydrogens is 310 g/mol. The van der Waals surface area contributed by atoms with Crippen LogP contribution in [-0.4, -0.2) is 4.57 Å². The Morgan fingerprint density at radius 1 is 0.792 bits per heavy atom. The first-order valence-corrected chi connectivity index (χ1v) is 9.41. The van der Waals surface area contributed by atoms with Crippen LogP contribution in [-0.2, 0) is 13.5 Å². The number of aryl methyl sites for hydroxylation is 2. The van der Waals surface area contributed by atoms with E-state index >= 15 is 0 Å². The molecular formula is C22H19NS. The molecule has 0 aliphatic rings. The summed E-state index contributed by atoms with van der Waals surface area (Å²) >= 11 is 1.93. The van der Waals surface area contributed by atoms with Crippen LogP contribution in [0.4, 0.5) is 0 Å². The zero-order valence-corrected chi connectivity index (χ0v) is 14.8. The fraction of sp³-hybridized carbons (Fsp3) is 0.182. The lowest BCUT2D eigenvalue weighted by atomic mass is 9.99. The van der Waals surface area contributed by atoms with Crippen molar-refractivity contribution in [2.24, 2.45) is 7.05 Å². The molecule has 0 aliphatic carbocycles. The van der Waals surface area contributed by atoms with Crippen LogP contribution in [0.5, 0.6) is 0 Å². The highest BCUT2D eigenvalue weighted by atomic mass is 32.1. The maximum atomic E-state index is 2.33. The van der Waals surface area contributed by atoms with Crippen LogP contribution in [0, 0.1) is 0 Å². The Morgan fingerprint density at radius 2 is 1.62 bits per heavy atom. The maximum absolute atomic E-state index is 2.33. The van der Waals surface area contributed by atoms with Crippen molar-refractivity contribution in [3.63, 3.8) is 0 Å². The summed E-state index contributed by atoms with van der Waals surface area (Å²) in [6.45, 7) is 2.26. The van der Waals surface area contributed by atoms with Gasteiger partial charge in [0.15, 0.2) is 0 Å². The van der Waals surface area contributed by atoms with E-state index in [4.69, 9.17) is 0 Å². The first-order valence-electron chi connectivity index (χ1n) is 8.60. The van der Waals surface area contributed by atoms with Gasteiger partial charge in [-0.2, -0.15) is 0 Å². The van der Waals surface area contributed by atoms with Crippen molar-refractivity contribution in [2.45, 2.75) is 19.8 Å². The van der Waals surface area contributed by atoms with Gasteiger partial charge in [0.1, 0.15) is 0 Å². The van der Waals surface area contributed by atoms with Gasteiger partial charge in [0.2, 0.25) is 0 Å². The molecule has 0 N–H and O–H groups in total. The number of benzene rings is 3. The second-order valence-corrected chi connectivity index (χ2v) is 7.64. The molecule has 2 heterocycles. The van der Waals surface area contributed by atoms with E-state index in [1.54, 1.807) is 0 Å². The molecule has 0 radical (unpaired) electrons. The van der Waals surface area contributed by atoms with E-state index < -0.39 is 0 Å². The van der Waals surface area contributed by atoms with Crippen LogP contribution in [0.3, 0.4) is 0 Å². The molecule has 0 saturated heterocycles. The van der Waals surface area contributed by atoms with Crippen LogP contribution >= 0.6 is 11.3 Å². The minimum Gasteiger partial charge on any atom is -0.344 e. The molecule has 5 rings (SSSR count). The zero-order chi connectivity index (χ0) is 16.3. The topological polar surface area (TPSA) is 4.93 Å². The summed E-state index contributed by atoms with van der Waals surface area (Å²) in [5, 5.41) is 5.71. The van der Waals surface area contributed by atoms with Gasteiger partial charge in [0, 0.05) is 49.0 Å². The van der Waals surface area contributed by atoms with Crippen LogP contribution in [0.25, 0.3) is 42.0 Å². The van der Waals surface area contributed by atoms with Gasteiger partial charge >= 0.3 is 0 Å². The van der Waals surface area contributed by atoms with Crippen LogP contribution < -0.4 is 0 Å². The quantitative estimate of drug-likeness (QED) is 0.341. The molecule has 2 heteroatoms. The van der Waals surface area contributed by atoms with Crippen molar-refractivity contribution in [1.29, 1.82) is 0 Å². The summed E-state index contributed by atoms with van der Waals surface area (Å²) in [6.07, 6.45) is 2.33. The minimum absolute atomic E-state index is 1.14. The average Bonchev–Trinajstić information content (AvgIpc) is 3.12. The Kier molecular flexibility index (Phi) is 2.98. The smallest absolute Gasteiger partial charge is 0.0496 e. The molecule has 0 fully saturated rings. The molecule has 3 aromatic carbocycles. The number of nitrogens with zero attached hydrogens (tertiary/aromatic N) is 1. The van der Waals surface area contributed by atoms with Gasteiger partial charge in [-0.15, -0.1) is 11.3 Å². The van der Waals surface area contributed by atoms with Crippen LogP contribution in [0.2, 0.25) is 0 Å². The lowest BCUT2D eigenvalue weighted by molar-refractivity contribution is 0.930. The Labute approximate surface area is 145 Å². The molecule has 0 bridgehead atoms. The standard InChI is InChI=1S/C22H19NS/c1-3-7-14-8-6-11-18-20(14)22-19(24-18)13-12-17-21(22)15-9-4-5-10-16(15)23(17)2/h4-6,8-13H,3,7H2,1-2H3. The highest BCUT2D eigenvalue weighted by molar-refractivity contribution is 7.26. The Bertz CT molecular complexity index is 1220. The highest BCUT2D eigenvalue weighted by Gasteiger charge is 2.16. The fourth-order valence-corrected chi connectivity index (χ4v) is 5.27. The summed E-state index contributed by atoms with van der Waals surface area (Å²) in [7, 11) is 2.18. The Morgan fingerprint density at radius 3 is 2.50 bits per heavy atom. The second kappa shape index (κ2) is 5.09. The SMILES string of the molecule is CCCc1cccc2sc3ccc4c(c5ccccc5n4C)c3c12. The number of aromatic nitrogens is 1. The molecule has 0 unspecified atom stereocenters. The van der Waals surface area contributed by atoms with Crippen LogP contribution in [0.15, 0.2) is 54.6 Å². The molecule has 0 spiro atoms. The van der Waals surface area contributed by atoms with Crippen molar-refractivity contribution in [2.75, 3.05) is 0 Å². The van der Waals surface area contributed by atoms with Crippen molar-refractivity contribution < 1.29 is 0 Å². The summed E-state index contributed by atoms with van der Waals surface area (Å²) in [6, 6.07) is 20.2. The first-order chi connectivity index (χ1) is 11.8. The van der Waals surface area contributed by atoms with Gasteiger partial charge in [0.05, 0.1) is 0 Å². The normalized spacial score (nSPS) is 12.1. The van der Waals surface area contributed by atoms with Crippen molar-refractivity contribution in [3.05, 3.63) is 60.2 Å². The fourth-order valence-electron chi connectivity index (χ4n) is 4.11. The summed E-state index contributed by atoms with van der Waals surface area (Å²) < 4.78 is 5.14. The molecule has 2 aromatic heterocycles. The number of rotatable bonds is 2. The molecule has 1 nitrogen and oxygen atoms in total. The summed E-state index contributed by atoms with van der Waals surface area (Å²) in [4.78, 5) is 0. The van der Waals surface area contributed by atoms with Gasteiger partial charge in [-0.3, -0.25) is 0 Å². The number of hydrogen-bond donors (Lipinski definition) is 0. The van der Waals surface area contributed by atoms with Gasteiger partial charge in [-0.1, -0.05) is 43.7 Å². The lowest BCUT2D eigenvalue weighted by Gasteiger charge is -2.04. The van der Waals surface area contributed by atoms with Gasteiger partial charge in [0.25, 0.3) is 0 Å². The highest BCUT2D eigenvalue weighted by Crippen LogP contribution is 2.43. The second-order valence-electron chi connectivity index (χ2n) is 6.55. The van der Waals surface area contributed by atoms with Gasteiger partial charge < -0.3 is 4.57 Å². The van der Waals surface area contributed by atoms with E-state index in [1.807, 2.05) is 11.3 Å². The van der Waals surface area contributed by atoms with Crippen molar-refractivity contribution in [1.82, 2.24) is 4.57 Å². The summed E-state index contributed by atoms with van der Waals surface area (Å²) in [5.41, 5.74) is 4.13. The molecule has 24 heavy (non-hydrogen) atoms. The number of hydrogen-bond acceptors (Lipinski definition) is 1. The average molecular weight is 329 g/mol. The predicted octanol–water partition coefficient (Wildman–Crippen LogP) is 6.65. The number of thiophene rings is 1. The van der Waals surface area contributed by atoms with E-state index in [1.165, 1.54) is 54.0 Å². The summed E-state index contributed by atoms with van der Waals surface area (Å²) in [5.74, 6) is 0. The third-order valence-electron chi connectivity index (χ3n) is 5.14. The predicted molar refractivity (Wildman–Crippen MR) is 107 cm³/mol. The Balaban J connectivity index is 2.11. The van der Waals surface area contributed by atoms with Crippen molar-refractivity contribution >= 4 is 53.3 Å². The molecule has 0 atom stereocenters. The van der Waals surface area contributed by atoms with E-state index in [2.05, 4.69) is 73.1 Å². The minimum atomic E-state index is 1.14. The largest absolute Gasteiger partial charge is 0.344 e. The third kappa shape index (κ3) is 1.75. The van der Waals surface area contributed by atoms with E-state index in [-0.39, 0.29) is 0 Å². The molecule has 5 aromatic rings.